The van der Waals surface area contributed by atoms with Crippen molar-refractivity contribution in [1.82, 2.24) is 9.78 Å². The van der Waals surface area contributed by atoms with Gasteiger partial charge in [-0.15, -0.1) is 0 Å². The minimum Gasteiger partial charge on any atom is -0.295 e. The molecule has 0 saturated carbocycles. The molecule has 0 amide bonds. The van der Waals surface area contributed by atoms with E-state index >= 15 is 0 Å². The SMILES string of the molecule is Cc1ccc(-n2[nH]c(C)c(/C=C3/C=Nc4ccccc43)c2=O)cc1C. The van der Waals surface area contributed by atoms with Crippen LogP contribution in [0.15, 0.2) is 52.3 Å². The van der Waals surface area contributed by atoms with Crippen LogP contribution in [0.4, 0.5) is 5.69 Å². The Morgan fingerprint density at radius 3 is 2.64 bits per heavy atom. The number of allylic oxidation sites excluding steroid dienone is 1. The van der Waals surface area contributed by atoms with Crippen LogP contribution in [0.3, 0.4) is 0 Å². The summed E-state index contributed by atoms with van der Waals surface area (Å²) in [6.07, 6.45) is 3.73. The summed E-state index contributed by atoms with van der Waals surface area (Å²) in [6, 6.07) is 14.0. The first-order chi connectivity index (χ1) is 12.0. The molecule has 0 bridgehead atoms. The van der Waals surface area contributed by atoms with Gasteiger partial charge in [0.15, 0.2) is 0 Å². The lowest BCUT2D eigenvalue weighted by Gasteiger charge is -2.05. The van der Waals surface area contributed by atoms with Gasteiger partial charge in [0.2, 0.25) is 0 Å². The van der Waals surface area contributed by atoms with Crippen molar-refractivity contribution in [2.45, 2.75) is 20.8 Å². The highest BCUT2D eigenvalue weighted by atomic mass is 16.1. The fraction of sp³-hybridized carbons (Fsp3) is 0.143. The van der Waals surface area contributed by atoms with Gasteiger partial charge in [0.05, 0.1) is 16.9 Å². The lowest BCUT2D eigenvalue weighted by molar-refractivity contribution is 0.833. The third-order valence-corrected chi connectivity index (χ3v) is 4.72. The van der Waals surface area contributed by atoms with Gasteiger partial charge in [-0.25, -0.2) is 4.68 Å². The molecule has 4 heteroatoms. The minimum atomic E-state index is -0.0500. The maximum Gasteiger partial charge on any atom is 0.278 e. The Morgan fingerprint density at radius 2 is 1.84 bits per heavy atom. The van der Waals surface area contributed by atoms with E-state index in [-0.39, 0.29) is 5.56 Å². The van der Waals surface area contributed by atoms with E-state index in [2.05, 4.69) is 23.9 Å². The fourth-order valence-corrected chi connectivity index (χ4v) is 3.09. The van der Waals surface area contributed by atoms with E-state index in [4.69, 9.17) is 0 Å². The topological polar surface area (TPSA) is 50.1 Å². The lowest BCUT2D eigenvalue weighted by atomic mass is 10.0. The summed E-state index contributed by atoms with van der Waals surface area (Å²) in [5.74, 6) is 0. The van der Waals surface area contributed by atoms with Crippen LogP contribution in [0, 0.1) is 20.8 Å². The summed E-state index contributed by atoms with van der Waals surface area (Å²) in [6.45, 7) is 6.03. The van der Waals surface area contributed by atoms with Crippen molar-refractivity contribution in [1.29, 1.82) is 0 Å². The number of aryl methyl sites for hydroxylation is 3. The Labute approximate surface area is 146 Å². The zero-order valence-electron chi connectivity index (χ0n) is 14.5. The molecule has 2 heterocycles. The number of hydrogen-bond acceptors (Lipinski definition) is 2. The zero-order chi connectivity index (χ0) is 17.6. The van der Waals surface area contributed by atoms with Gasteiger partial charge < -0.3 is 0 Å². The number of aromatic nitrogens is 2. The molecule has 1 aliphatic rings. The number of para-hydroxylation sites is 1. The van der Waals surface area contributed by atoms with Gasteiger partial charge in [-0.05, 0) is 56.2 Å². The number of rotatable bonds is 2. The van der Waals surface area contributed by atoms with Crippen molar-refractivity contribution in [3.8, 4) is 5.69 Å². The van der Waals surface area contributed by atoms with Crippen LogP contribution in [0.5, 0.6) is 0 Å². The van der Waals surface area contributed by atoms with Crippen molar-refractivity contribution in [3.63, 3.8) is 0 Å². The molecule has 0 atom stereocenters. The van der Waals surface area contributed by atoms with Crippen LogP contribution in [-0.4, -0.2) is 16.0 Å². The smallest absolute Gasteiger partial charge is 0.278 e. The van der Waals surface area contributed by atoms with Gasteiger partial charge in [-0.1, -0.05) is 24.3 Å². The molecular weight excluding hydrogens is 310 g/mol. The summed E-state index contributed by atoms with van der Waals surface area (Å²) < 4.78 is 1.60. The standard InChI is InChI=1S/C21H19N3O/c1-13-8-9-17(10-14(13)2)24-21(25)19(15(3)23-24)11-16-12-22-20-7-5-4-6-18(16)20/h4-12,23H,1-3H3/b16-11-. The number of hydrogen-bond donors (Lipinski definition) is 1. The Bertz CT molecular complexity index is 1100. The van der Waals surface area contributed by atoms with E-state index in [9.17, 15) is 4.79 Å². The Morgan fingerprint density at radius 1 is 1.04 bits per heavy atom. The van der Waals surface area contributed by atoms with E-state index in [1.54, 1.807) is 4.68 Å². The highest BCUT2D eigenvalue weighted by Gasteiger charge is 2.15. The lowest BCUT2D eigenvalue weighted by Crippen LogP contribution is -2.16. The predicted octanol–water partition coefficient (Wildman–Crippen LogP) is 4.35. The third-order valence-electron chi connectivity index (χ3n) is 4.72. The monoisotopic (exact) mass is 329 g/mol. The van der Waals surface area contributed by atoms with Crippen LogP contribution in [-0.2, 0) is 0 Å². The second kappa shape index (κ2) is 5.74. The summed E-state index contributed by atoms with van der Waals surface area (Å²) in [4.78, 5) is 17.3. The molecule has 1 aromatic heterocycles. The number of nitrogens with zero attached hydrogens (tertiary/aromatic N) is 2. The summed E-state index contributed by atoms with van der Waals surface area (Å²) in [5.41, 5.74) is 7.63. The van der Waals surface area contributed by atoms with Crippen molar-refractivity contribution in [2.24, 2.45) is 4.99 Å². The predicted molar refractivity (Wildman–Crippen MR) is 103 cm³/mol. The minimum absolute atomic E-state index is 0.0500. The summed E-state index contributed by atoms with van der Waals surface area (Å²) >= 11 is 0. The maximum atomic E-state index is 12.9. The molecule has 0 unspecified atom stereocenters. The van der Waals surface area contributed by atoms with E-state index in [0.29, 0.717) is 5.56 Å². The molecule has 124 valence electrons. The molecule has 3 aromatic rings. The molecule has 4 nitrogen and oxygen atoms in total. The molecule has 0 radical (unpaired) electrons. The van der Waals surface area contributed by atoms with Crippen LogP contribution >= 0.6 is 0 Å². The zero-order valence-corrected chi connectivity index (χ0v) is 14.5. The van der Waals surface area contributed by atoms with Crippen molar-refractivity contribution in [3.05, 3.63) is 80.8 Å². The van der Waals surface area contributed by atoms with Gasteiger partial charge in [0, 0.05) is 23.0 Å². The van der Waals surface area contributed by atoms with E-state index in [1.807, 2.05) is 61.7 Å². The van der Waals surface area contributed by atoms with Crippen LogP contribution < -0.4 is 5.56 Å². The number of aromatic amines is 1. The highest BCUT2D eigenvalue weighted by molar-refractivity contribution is 6.21. The van der Waals surface area contributed by atoms with Crippen LogP contribution in [0.1, 0.15) is 27.9 Å². The van der Waals surface area contributed by atoms with E-state index in [1.165, 1.54) is 5.56 Å². The molecule has 25 heavy (non-hydrogen) atoms. The molecule has 0 aliphatic carbocycles. The van der Waals surface area contributed by atoms with Crippen LogP contribution in [0.2, 0.25) is 0 Å². The number of benzene rings is 2. The number of aliphatic imine (C=N–C) groups is 1. The average molecular weight is 329 g/mol. The first-order valence-corrected chi connectivity index (χ1v) is 8.29. The number of fused-ring (bicyclic) bond motifs is 1. The molecule has 0 saturated heterocycles. The first-order valence-electron chi connectivity index (χ1n) is 8.29. The van der Waals surface area contributed by atoms with Gasteiger partial charge in [0.25, 0.3) is 5.56 Å². The van der Waals surface area contributed by atoms with Gasteiger partial charge in [-0.3, -0.25) is 14.9 Å². The van der Waals surface area contributed by atoms with E-state index < -0.39 is 0 Å². The van der Waals surface area contributed by atoms with Gasteiger partial charge in [-0.2, -0.15) is 0 Å². The quantitative estimate of drug-likeness (QED) is 0.747. The Kier molecular flexibility index (Phi) is 3.53. The molecule has 4 rings (SSSR count). The van der Waals surface area contributed by atoms with Crippen LogP contribution in [0.25, 0.3) is 17.3 Å². The summed E-state index contributed by atoms with van der Waals surface area (Å²) in [5, 5.41) is 3.19. The van der Waals surface area contributed by atoms with Crippen molar-refractivity contribution < 1.29 is 0 Å². The average Bonchev–Trinajstić information content (AvgIpc) is 3.14. The molecular formula is C21H19N3O. The van der Waals surface area contributed by atoms with Crippen molar-refractivity contribution >= 4 is 23.6 Å². The largest absolute Gasteiger partial charge is 0.295 e. The normalized spacial score (nSPS) is 14.3. The van der Waals surface area contributed by atoms with Crippen molar-refractivity contribution in [2.75, 3.05) is 0 Å². The molecule has 1 aliphatic heterocycles. The molecule has 2 aromatic carbocycles. The number of H-pyrrole nitrogens is 1. The second-order valence-corrected chi connectivity index (χ2v) is 6.43. The van der Waals surface area contributed by atoms with Gasteiger partial charge in [0.1, 0.15) is 0 Å². The first kappa shape index (κ1) is 15.4. The highest BCUT2D eigenvalue weighted by Crippen LogP contribution is 2.32. The van der Waals surface area contributed by atoms with E-state index in [0.717, 1.165) is 33.8 Å². The molecule has 0 spiro atoms. The summed E-state index contributed by atoms with van der Waals surface area (Å²) in [7, 11) is 0. The third kappa shape index (κ3) is 2.56. The Balaban J connectivity index is 1.82. The fourth-order valence-electron chi connectivity index (χ4n) is 3.09. The molecule has 0 fully saturated rings. The maximum absolute atomic E-state index is 12.9. The molecule has 1 N–H and O–H groups in total. The Hall–Kier alpha value is -3.14. The van der Waals surface area contributed by atoms with Gasteiger partial charge >= 0.3 is 0 Å². The second-order valence-electron chi connectivity index (χ2n) is 6.43. The number of nitrogens with one attached hydrogen (secondary N) is 1.